The zero-order valence-corrected chi connectivity index (χ0v) is 14.9. The molecule has 1 amide bonds. The van der Waals surface area contributed by atoms with Crippen molar-refractivity contribution in [3.05, 3.63) is 36.3 Å². The van der Waals surface area contributed by atoms with Crippen molar-refractivity contribution >= 4 is 11.6 Å². The number of rotatable bonds is 4. The van der Waals surface area contributed by atoms with Gasteiger partial charge in [-0.15, -0.1) is 5.10 Å². The summed E-state index contributed by atoms with van der Waals surface area (Å²) in [6.07, 6.45) is 4.81. The number of nitrogens with one attached hydrogen (secondary N) is 2. The summed E-state index contributed by atoms with van der Waals surface area (Å²) >= 11 is 0. The van der Waals surface area contributed by atoms with Crippen LogP contribution < -0.4 is 14.8 Å². The SMILES string of the molecule is O=C(c1cn[nH]c1-n1cnnn1)N1CCC[C@@H](Nc2ccc3c(c2)OCO3)C1. The van der Waals surface area contributed by atoms with Gasteiger partial charge in [0.1, 0.15) is 11.9 Å². The van der Waals surface area contributed by atoms with Crippen LogP contribution in [-0.2, 0) is 0 Å². The quantitative estimate of drug-likeness (QED) is 0.680. The highest BCUT2D eigenvalue weighted by atomic mass is 16.7. The number of carbonyl (C=O) groups excluding carboxylic acids is 1. The summed E-state index contributed by atoms with van der Waals surface area (Å²) in [5.74, 6) is 1.84. The van der Waals surface area contributed by atoms with Crippen molar-refractivity contribution in [1.29, 1.82) is 0 Å². The largest absolute Gasteiger partial charge is 0.454 e. The van der Waals surface area contributed by atoms with Gasteiger partial charge in [-0.1, -0.05) is 0 Å². The molecule has 11 heteroatoms. The van der Waals surface area contributed by atoms with E-state index in [2.05, 4.69) is 31.0 Å². The third-order valence-electron chi connectivity index (χ3n) is 4.88. The first-order valence-corrected chi connectivity index (χ1v) is 9.00. The molecule has 0 aliphatic carbocycles. The molecule has 3 aromatic rings. The molecule has 0 saturated carbocycles. The van der Waals surface area contributed by atoms with Crippen LogP contribution >= 0.6 is 0 Å². The van der Waals surface area contributed by atoms with Crippen molar-refractivity contribution in [2.75, 3.05) is 25.2 Å². The fourth-order valence-corrected chi connectivity index (χ4v) is 3.55. The minimum atomic E-state index is -0.101. The Morgan fingerprint density at radius 1 is 1.29 bits per heavy atom. The van der Waals surface area contributed by atoms with E-state index >= 15 is 0 Å². The highest BCUT2D eigenvalue weighted by Crippen LogP contribution is 2.34. The maximum atomic E-state index is 13.0. The average molecular weight is 382 g/mol. The summed E-state index contributed by atoms with van der Waals surface area (Å²) in [6, 6.07) is 5.91. The molecule has 5 rings (SSSR count). The second-order valence-electron chi connectivity index (χ2n) is 6.69. The first-order valence-electron chi connectivity index (χ1n) is 9.00. The van der Waals surface area contributed by atoms with E-state index in [0.717, 1.165) is 30.0 Å². The number of likely N-dealkylation sites (tertiary alicyclic amines) is 1. The number of H-pyrrole nitrogens is 1. The Morgan fingerprint density at radius 3 is 3.11 bits per heavy atom. The molecule has 2 N–H and O–H groups in total. The summed E-state index contributed by atoms with van der Waals surface area (Å²) in [7, 11) is 0. The van der Waals surface area contributed by atoms with Gasteiger partial charge >= 0.3 is 0 Å². The molecule has 4 heterocycles. The standard InChI is InChI=1S/C17H18N8O3/c26-17(13-7-18-21-16(13)25-9-19-22-23-25)24-5-1-2-12(8-24)20-11-3-4-14-15(6-11)28-10-27-14/h3-4,6-7,9,12,20H,1-2,5,8,10H2,(H,18,21)/t12-/m1/s1. The van der Waals surface area contributed by atoms with E-state index in [4.69, 9.17) is 9.47 Å². The number of tetrazole rings is 1. The lowest BCUT2D eigenvalue weighted by atomic mass is 10.0. The second-order valence-corrected chi connectivity index (χ2v) is 6.69. The van der Waals surface area contributed by atoms with E-state index < -0.39 is 0 Å². The van der Waals surface area contributed by atoms with Crippen molar-refractivity contribution in [2.24, 2.45) is 0 Å². The molecule has 28 heavy (non-hydrogen) atoms. The summed E-state index contributed by atoms with van der Waals surface area (Å²) in [5.41, 5.74) is 1.39. The first-order chi connectivity index (χ1) is 13.8. The molecule has 0 unspecified atom stereocenters. The number of nitrogens with zero attached hydrogens (tertiary/aromatic N) is 6. The summed E-state index contributed by atoms with van der Waals surface area (Å²) < 4.78 is 12.2. The molecule has 1 fully saturated rings. The third kappa shape index (κ3) is 3.00. The van der Waals surface area contributed by atoms with Gasteiger partial charge < -0.3 is 19.7 Å². The molecule has 0 bridgehead atoms. The van der Waals surface area contributed by atoms with Crippen molar-refractivity contribution in [3.63, 3.8) is 0 Å². The lowest BCUT2D eigenvalue weighted by Crippen LogP contribution is -2.45. The molecule has 1 aromatic carbocycles. The topological polar surface area (TPSA) is 123 Å². The van der Waals surface area contributed by atoms with Crippen molar-refractivity contribution in [2.45, 2.75) is 18.9 Å². The predicted molar refractivity (Wildman–Crippen MR) is 96.4 cm³/mol. The van der Waals surface area contributed by atoms with Gasteiger partial charge in [-0.05, 0) is 35.4 Å². The van der Waals surface area contributed by atoms with Crippen LogP contribution in [0.1, 0.15) is 23.2 Å². The molecule has 2 aliphatic heterocycles. The number of amides is 1. The lowest BCUT2D eigenvalue weighted by molar-refractivity contribution is 0.0714. The number of ether oxygens (including phenoxy) is 2. The van der Waals surface area contributed by atoms with Gasteiger partial charge in [0, 0.05) is 30.9 Å². The van der Waals surface area contributed by atoms with E-state index in [9.17, 15) is 4.79 Å². The molecule has 1 saturated heterocycles. The Morgan fingerprint density at radius 2 is 2.21 bits per heavy atom. The predicted octanol–water partition coefficient (Wildman–Crippen LogP) is 0.831. The smallest absolute Gasteiger partial charge is 0.259 e. The van der Waals surface area contributed by atoms with Crippen LogP contribution in [-0.4, -0.2) is 67.1 Å². The molecular formula is C17H18N8O3. The van der Waals surface area contributed by atoms with Gasteiger partial charge in [0.15, 0.2) is 17.3 Å². The van der Waals surface area contributed by atoms with Crippen LogP contribution in [0, 0.1) is 0 Å². The summed E-state index contributed by atoms with van der Waals surface area (Å²) in [4.78, 5) is 14.9. The van der Waals surface area contributed by atoms with Crippen LogP contribution in [0.2, 0.25) is 0 Å². The van der Waals surface area contributed by atoms with Gasteiger partial charge in [-0.3, -0.25) is 9.89 Å². The lowest BCUT2D eigenvalue weighted by Gasteiger charge is -2.33. The van der Waals surface area contributed by atoms with E-state index in [1.165, 1.54) is 17.2 Å². The number of aromatic nitrogens is 6. The normalized spacial score (nSPS) is 18.3. The fourth-order valence-electron chi connectivity index (χ4n) is 3.55. The van der Waals surface area contributed by atoms with Crippen LogP contribution in [0.15, 0.2) is 30.7 Å². The average Bonchev–Trinajstić information content (AvgIpc) is 3.47. The summed E-state index contributed by atoms with van der Waals surface area (Å²) in [5, 5.41) is 21.3. The molecular weight excluding hydrogens is 364 g/mol. The molecule has 2 aromatic heterocycles. The highest BCUT2D eigenvalue weighted by Gasteiger charge is 2.28. The number of carbonyl (C=O) groups is 1. The Kier molecular flexibility index (Phi) is 4.04. The minimum Gasteiger partial charge on any atom is -0.454 e. The highest BCUT2D eigenvalue weighted by molar-refractivity contribution is 5.97. The van der Waals surface area contributed by atoms with E-state index in [0.29, 0.717) is 24.5 Å². The first kappa shape index (κ1) is 16.5. The van der Waals surface area contributed by atoms with E-state index in [1.807, 2.05) is 23.1 Å². The molecule has 0 spiro atoms. The third-order valence-corrected chi connectivity index (χ3v) is 4.88. The van der Waals surface area contributed by atoms with Crippen LogP contribution in [0.3, 0.4) is 0 Å². The minimum absolute atomic E-state index is 0.101. The van der Waals surface area contributed by atoms with Gasteiger partial charge in [-0.25, -0.2) is 0 Å². The van der Waals surface area contributed by atoms with Crippen LogP contribution in [0.4, 0.5) is 5.69 Å². The molecule has 2 aliphatic rings. The second kappa shape index (κ2) is 6.83. The zero-order valence-electron chi connectivity index (χ0n) is 14.9. The Labute approximate surface area is 159 Å². The molecule has 1 atom stereocenters. The number of anilines is 1. The van der Waals surface area contributed by atoms with Crippen LogP contribution in [0.25, 0.3) is 5.82 Å². The number of piperidine rings is 1. The van der Waals surface area contributed by atoms with Crippen molar-refractivity contribution in [1.82, 2.24) is 35.3 Å². The number of aromatic amines is 1. The molecule has 144 valence electrons. The van der Waals surface area contributed by atoms with Gasteiger partial charge in [-0.2, -0.15) is 9.78 Å². The van der Waals surface area contributed by atoms with Gasteiger partial charge in [0.2, 0.25) is 6.79 Å². The van der Waals surface area contributed by atoms with Gasteiger partial charge in [0.25, 0.3) is 5.91 Å². The number of fused-ring (bicyclic) bond motifs is 1. The summed E-state index contributed by atoms with van der Waals surface area (Å²) in [6.45, 7) is 1.53. The monoisotopic (exact) mass is 382 g/mol. The van der Waals surface area contributed by atoms with Crippen LogP contribution in [0.5, 0.6) is 11.5 Å². The van der Waals surface area contributed by atoms with Gasteiger partial charge in [0.05, 0.1) is 6.20 Å². The Bertz CT molecular complexity index is 986. The fraction of sp³-hybridized carbons (Fsp3) is 0.353. The maximum Gasteiger partial charge on any atom is 0.259 e. The molecule has 0 radical (unpaired) electrons. The van der Waals surface area contributed by atoms with E-state index in [1.54, 1.807) is 0 Å². The Hall–Kier alpha value is -3.63. The number of hydrogen-bond acceptors (Lipinski definition) is 8. The number of hydrogen-bond donors (Lipinski definition) is 2. The zero-order chi connectivity index (χ0) is 18.9. The molecule has 11 nitrogen and oxygen atoms in total. The van der Waals surface area contributed by atoms with Crippen molar-refractivity contribution in [3.8, 4) is 17.3 Å². The Balaban J connectivity index is 1.29. The van der Waals surface area contributed by atoms with Crippen molar-refractivity contribution < 1.29 is 14.3 Å². The van der Waals surface area contributed by atoms with E-state index in [-0.39, 0.29) is 18.7 Å². The maximum absolute atomic E-state index is 13.0. The number of benzene rings is 1.